The van der Waals surface area contributed by atoms with E-state index in [1.165, 1.54) is 13.0 Å². The summed E-state index contributed by atoms with van der Waals surface area (Å²) in [6.07, 6.45) is 0.977. The molecule has 0 bridgehead atoms. The summed E-state index contributed by atoms with van der Waals surface area (Å²) in [5.74, 6) is -0.480. The Morgan fingerprint density at radius 2 is 2.33 bits per heavy atom. The highest BCUT2D eigenvalue weighted by molar-refractivity contribution is 5.71. The molecule has 3 nitrogen and oxygen atoms in total. The number of hydrogen-bond acceptors (Lipinski definition) is 3. The number of aldehydes is 1. The van der Waals surface area contributed by atoms with Crippen molar-refractivity contribution >= 4 is 12.3 Å². The molecule has 0 spiro atoms. The average Bonchev–Trinajstić information content (AvgIpc) is 1.82. The molecule has 3 heteroatoms. The maximum Gasteiger partial charge on any atom is 0.303 e. The molecule has 1 atom stereocenters. The van der Waals surface area contributed by atoms with E-state index in [9.17, 15) is 9.59 Å². The minimum Gasteiger partial charge on any atom is -0.451 e. The third-order valence-corrected chi connectivity index (χ3v) is 0.668. The van der Waals surface area contributed by atoms with Gasteiger partial charge in [0.2, 0.25) is 0 Å². The highest BCUT2D eigenvalue weighted by Crippen LogP contribution is 1.87. The molecule has 9 heavy (non-hydrogen) atoms. The van der Waals surface area contributed by atoms with Crippen molar-refractivity contribution in [1.82, 2.24) is 0 Å². The van der Waals surface area contributed by atoms with Crippen LogP contribution in [-0.2, 0) is 14.3 Å². The molecular formula is C6H8O3. The van der Waals surface area contributed by atoms with Gasteiger partial charge in [0, 0.05) is 6.92 Å². The zero-order valence-electron chi connectivity index (χ0n) is 5.16. The van der Waals surface area contributed by atoms with Gasteiger partial charge in [-0.3, -0.25) is 9.59 Å². The Morgan fingerprint density at radius 3 is 2.44 bits per heavy atom. The summed E-state index contributed by atoms with van der Waals surface area (Å²) in [6.45, 7) is 4.51. The first kappa shape index (κ1) is 7.88. The Hall–Kier alpha value is -1.12. The lowest BCUT2D eigenvalue weighted by atomic mass is 10.4. The topological polar surface area (TPSA) is 43.4 Å². The van der Waals surface area contributed by atoms with E-state index in [1.54, 1.807) is 0 Å². The normalized spacial score (nSPS) is 11.7. The van der Waals surface area contributed by atoms with Crippen LogP contribution in [-0.4, -0.2) is 18.4 Å². The molecule has 50 valence electrons. The summed E-state index contributed by atoms with van der Waals surface area (Å²) in [7, 11) is 0. The highest BCUT2D eigenvalue weighted by Gasteiger charge is 2.02. The Balaban J connectivity index is 3.68. The summed E-state index contributed by atoms with van der Waals surface area (Å²) < 4.78 is 4.42. The molecule has 0 saturated carbocycles. The number of carbonyl (C=O) groups is 2. The summed E-state index contributed by atoms with van der Waals surface area (Å²) in [6, 6.07) is 0. The van der Waals surface area contributed by atoms with Gasteiger partial charge >= 0.3 is 5.97 Å². The zero-order chi connectivity index (χ0) is 7.28. The monoisotopic (exact) mass is 128 g/mol. The number of esters is 1. The molecular weight excluding hydrogens is 120 g/mol. The average molecular weight is 128 g/mol. The molecule has 0 aliphatic rings. The van der Waals surface area contributed by atoms with Crippen molar-refractivity contribution in [2.75, 3.05) is 0 Å². The zero-order valence-corrected chi connectivity index (χ0v) is 5.16. The first-order valence-electron chi connectivity index (χ1n) is 2.45. The fraction of sp³-hybridized carbons (Fsp3) is 0.333. The Morgan fingerprint density at radius 1 is 1.78 bits per heavy atom. The maximum atomic E-state index is 10.1. The fourth-order valence-corrected chi connectivity index (χ4v) is 0.323. The predicted octanol–water partition coefficient (Wildman–Crippen LogP) is 0.303. The van der Waals surface area contributed by atoms with Gasteiger partial charge in [0.1, 0.15) is 0 Å². The number of ether oxygens (including phenoxy) is 1. The molecule has 0 aromatic heterocycles. The molecule has 1 unspecified atom stereocenters. The largest absolute Gasteiger partial charge is 0.451 e. The van der Waals surface area contributed by atoms with Crippen molar-refractivity contribution in [2.24, 2.45) is 0 Å². The van der Waals surface area contributed by atoms with E-state index in [4.69, 9.17) is 0 Å². The molecule has 0 aliphatic heterocycles. The van der Waals surface area contributed by atoms with Gasteiger partial charge in [-0.1, -0.05) is 6.58 Å². The van der Waals surface area contributed by atoms with Gasteiger partial charge in [-0.2, -0.15) is 0 Å². The maximum absolute atomic E-state index is 10.1. The van der Waals surface area contributed by atoms with Gasteiger partial charge in [-0.15, -0.1) is 0 Å². The van der Waals surface area contributed by atoms with Gasteiger partial charge < -0.3 is 4.74 Å². The van der Waals surface area contributed by atoms with Crippen molar-refractivity contribution in [3.8, 4) is 0 Å². The molecule has 0 rings (SSSR count). The SMILES string of the molecule is C=CC(C=O)OC(C)=O. The summed E-state index contributed by atoms with van der Waals surface area (Å²) in [5, 5.41) is 0. The van der Waals surface area contributed by atoms with Crippen LogP contribution in [0.15, 0.2) is 12.7 Å². The van der Waals surface area contributed by atoms with E-state index >= 15 is 0 Å². The number of rotatable bonds is 3. The van der Waals surface area contributed by atoms with E-state index in [2.05, 4.69) is 11.3 Å². The van der Waals surface area contributed by atoms with E-state index in [0.29, 0.717) is 6.29 Å². The predicted molar refractivity (Wildman–Crippen MR) is 31.8 cm³/mol. The highest BCUT2D eigenvalue weighted by atomic mass is 16.5. The van der Waals surface area contributed by atoms with E-state index < -0.39 is 12.1 Å². The van der Waals surface area contributed by atoms with Crippen LogP contribution in [0.5, 0.6) is 0 Å². The second-order valence-corrected chi connectivity index (χ2v) is 1.45. The van der Waals surface area contributed by atoms with Crippen molar-refractivity contribution in [1.29, 1.82) is 0 Å². The molecule has 0 N–H and O–H groups in total. The number of hydrogen-bond donors (Lipinski definition) is 0. The number of carbonyl (C=O) groups excluding carboxylic acids is 2. The van der Waals surface area contributed by atoms with Gasteiger partial charge in [0.15, 0.2) is 12.4 Å². The lowest BCUT2D eigenvalue weighted by Gasteiger charge is -2.02. The third-order valence-electron chi connectivity index (χ3n) is 0.668. The van der Waals surface area contributed by atoms with Crippen LogP contribution in [0.2, 0.25) is 0 Å². The molecule has 0 saturated heterocycles. The van der Waals surface area contributed by atoms with Crippen LogP contribution >= 0.6 is 0 Å². The van der Waals surface area contributed by atoms with Gasteiger partial charge in [0.05, 0.1) is 0 Å². The van der Waals surface area contributed by atoms with Crippen LogP contribution in [0.4, 0.5) is 0 Å². The minimum atomic E-state index is -0.789. The minimum absolute atomic E-state index is 0.480. The van der Waals surface area contributed by atoms with Crippen LogP contribution in [0.3, 0.4) is 0 Å². The van der Waals surface area contributed by atoms with Gasteiger partial charge in [0.25, 0.3) is 0 Å². The molecule has 0 amide bonds. The van der Waals surface area contributed by atoms with Crippen LogP contribution in [0, 0.1) is 0 Å². The molecule has 0 aliphatic carbocycles. The Bertz CT molecular complexity index is 120. The molecule has 0 radical (unpaired) electrons. The van der Waals surface area contributed by atoms with Crippen molar-refractivity contribution in [2.45, 2.75) is 13.0 Å². The first-order chi connectivity index (χ1) is 4.20. The van der Waals surface area contributed by atoms with E-state index in [1.807, 2.05) is 0 Å². The third kappa shape index (κ3) is 3.46. The van der Waals surface area contributed by atoms with Gasteiger partial charge in [-0.05, 0) is 6.08 Å². The van der Waals surface area contributed by atoms with Crippen LogP contribution < -0.4 is 0 Å². The van der Waals surface area contributed by atoms with Crippen molar-refractivity contribution in [3.63, 3.8) is 0 Å². The lowest BCUT2D eigenvalue weighted by molar-refractivity contribution is -0.146. The van der Waals surface area contributed by atoms with E-state index in [0.717, 1.165) is 0 Å². The quantitative estimate of drug-likeness (QED) is 0.312. The second-order valence-electron chi connectivity index (χ2n) is 1.45. The summed E-state index contributed by atoms with van der Waals surface area (Å²) in [5.41, 5.74) is 0. The standard InChI is InChI=1S/C6H8O3/c1-3-6(4-7)9-5(2)8/h3-4,6H,1H2,2H3. The molecule has 0 aromatic rings. The van der Waals surface area contributed by atoms with Gasteiger partial charge in [-0.25, -0.2) is 0 Å². The Kier molecular flexibility index (Phi) is 3.35. The summed E-state index contributed by atoms with van der Waals surface area (Å²) >= 11 is 0. The molecule has 0 fully saturated rings. The van der Waals surface area contributed by atoms with Crippen LogP contribution in [0.1, 0.15) is 6.92 Å². The lowest BCUT2D eigenvalue weighted by Crippen LogP contribution is -2.13. The van der Waals surface area contributed by atoms with Crippen LogP contribution in [0.25, 0.3) is 0 Å². The van der Waals surface area contributed by atoms with E-state index in [-0.39, 0.29) is 0 Å². The molecule has 0 aromatic carbocycles. The van der Waals surface area contributed by atoms with Crippen molar-refractivity contribution in [3.05, 3.63) is 12.7 Å². The molecule has 0 heterocycles. The fourth-order valence-electron chi connectivity index (χ4n) is 0.323. The van der Waals surface area contributed by atoms with Crippen molar-refractivity contribution < 1.29 is 14.3 Å². The summed E-state index contributed by atoms with van der Waals surface area (Å²) in [4.78, 5) is 20.1. The second kappa shape index (κ2) is 3.83. The first-order valence-corrected chi connectivity index (χ1v) is 2.45. The Labute approximate surface area is 53.3 Å². The smallest absolute Gasteiger partial charge is 0.303 e.